The quantitative estimate of drug-likeness (QED) is 0.710. The van der Waals surface area contributed by atoms with Crippen LogP contribution in [0.1, 0.15) is 30.2 Å². The molecule has 0 atom stereocenters. The predicted octanol–water partition coefficient (Wildman–Crippen LogP) is 3.88. The van der Waals surface area contributed by atoms with E-state index in [4.69, 9.17) is 16.2 Å². The van der Waals surface area contributed by atoms with Gasteiger partial charge in [-0.1, -0.05) is 18.2 Å². The third kappa shape index (κ3) is 3.33. The molecule has 4 N–H and O–H groups in total. The minimum Gasteiger partial charge on any atom is -0.454 e. The molecular formula is C19H18F2N4O2. The third-order valence-corrected chi connectivity index (χ3v) is 3.96. The van der Waals surface area contributed by atoms with Gasteiger partial charge >= 0.3 is 0 Å². The molecule has 0 saturated heterocycles. The number of benzene rings is 2. The minimum atomic E-state index is -1.21. The van der Waals surface area contributed by atoms with Crippen LogP contribution >= 0.6 is 0 Å². The van der Waals surface area contributed by atoms with Crippen molar-refractivity contribution in [3.8, 4) is 22.8 Å². The number of hydrogen-bond donors (Lipinski definition) is 2. The molecule has 1 amide bonds. The van der Waals surface area contributed by atoms with Gasteiger partial charge in [0.15, 0.2) is 11.6 Å². The number of carbonyl (C=O) groups is 1. The number of nitrogens with zero attached hydrogens (tertiary/aromatic N) is 2. The van der Waals surface area contributed by atoms with E-state index in [1.807, 2.05) is 0 Å². The van der Waals surface area contributed by atoms with Crippen molar-refractivity contribution < 1.29 is 18.3 Å². The second-order valence-corrected chi connectivity index (χ2v) is 6.17. The molecule has 0 radical (unpaired) electrons. The SMILES string of the molecule is CC(C)n1nc(-c2ccc(Oc3ccccc3)c(F)c2F)c(C(N)=O)c1N. The average molecular weight is 372 g/mol. The number of primary amides is 1. The molecule has 27 heavy (non-hydrogen) atoms. The van der Waals surface area contributed by atoms with Crippen molar-refractivity contribution in [3.05, 3.63) is 59.7 Å². The van der Waals surface area contributed by atoms with Crippen molar-refractivity contribution in [2.24, 2.45) is 5.73 Å². The average Bonchev–Trinajstić information content (AvgIpc) is 2.97. The number of halogens is 2. The molecule has 0 aliphatic heterocycles. The van der Waals surface area contributed by atoms with Gasteiger partial charge in [-0.25, -0.2) is 9.07 Å². The first-order valence-corrected chi connectivity index (χ1v) is 8.20. The molecule has 8 heteroatoms. The third-order valence-electron chi connectivity index (χ3n) is 3.96. The number of nitrogens with two attached hydrogens (primary N) is 2. The lowest BCUT2D eigenvalue weighted by Gasteiger charge is -2.09. The molecule has 0 spiro atoms. The lowest BCUT2D eigenvalue weighted by molar-refractivity contribution is 0.100. The predicted molar refractivity (Wildman–Crippen MR) is 97.4 cm³/mol. The lowest BCUT2D eigenvalue weighted by Crippen LogP contribution is -2.15. The van der Waals surface area contributed by atoms with Gasteiger partial charge < -0.3 is 16.2 Å². The first kappa shape index (κ1) is 18.4. The topological polar surface area (TPSA) is 96.2 Å². The highest BCUT2D eigenvalue weighted by Crippen LogP contribution is 2.35. The highest BCUT2D eigenvalue weighted by Gasteiger charge is 2.26. The molecule has 0 saturated carbocycles. The van der Waals surface area contributed by atoms with Crippen LogP contribution in [0, 0.1) is 11.6 Å². The number of nitrogen functional groups attached to an aromatic ring is 1. The fraction of sp³-hybridized carbons (Fsp3) is 0.158. The Hall–Kier alpha value is -3.42. The Morgan fingerprint density at radius 3 is 2.37 bits per heavy atom. The van der Waals surface area contributed by atoms with Crippen LogP contribution in [0.2, 0.25) is 0 Å². The van der Waals surface area contributed by atoms with Gasteiger partial charge in [0, 0.05) is 11.6 Å². The van der Waals surface area contributed by atoms with Crippen molar-refractivity contribution in [2.75, 3.05) is 5.73 Å². The number of rotatable bonds is 5. The zero-order valence-electron chi connectivity index (χ0n) is 14.7. The van der Waals surface area contributed by atoms with Crippen molar-refractivity contribution in [2.45, 2.75) is 19.9 Å². The monoisotopic (exact) mass is 372 g/mol. The summed E-state index contributed by atoms with van der Waals surface area (Å²) in [4.78, 5) is 11.8. The largest absolute Gasteiger partial charge is 0.454 e. The van der Waals surface area contributed by atoms with Gasteiger partial charge in [0.05, 0.1) is 0 Å². The van der Waals surface area contributed by atoms with Crippen LogP contribution in [0.4, 0.5) is 14.6 Å². The summed E-state index contributed by atoms with van der Waals surface area (Å²) in [6, 6.07) is 10.7. The summed E-state index contributed by atoms with van der Waals surface area (Å²) in [5, 5.41) is 4.16. The molecule has 6 nitrogen and oxygen atoms in total. The number of carbonyl (C=O) groups excluding carboxylic acids is 1. The van der Waals surface area contributed by atoms with E-state index in [0.717, 1.165) is 0 Å². The van der Waals surface area contributed by atoms with Crippen LogP contribution in [0.25, 0.3) is 11.3 Å². The summed E-state index contributed by atoms with van der Waals surface area (Å²) in [6.45, 7) is 3.57. The molecule has 3 rings (SSSR count). The minimum absolute atomic E-state index is 0.00285. The van der Waals surface area contributed by atoms with Gasteiger partial charge in [-0.15, -0.1) is 0 Å². The van der Waals surface area contributed by atoms with E-state index in [2.05, 4.69) is 5.10 Å². The fourth-order valence-corrected chi connectivity index (χ4v) is 2.68. The highest BCUT2D eigenvalue weighted by atomic mass is 19.2. The zero-order valence-corrected chi connectivity index (χ0v) is 14.7. The van der Waals surface area contributed by atoms with E-state index >= 15 is 0 Å². The number of hydrogen-bond acceptors (Lipinski definition) is 4. The van der Waals surface area contributed by atoms with Crippen molar-refractivity contribution in [1.29, 1.82) is 0 Å². The standard InChI is InChI=1S/C19H18F2N4O2/c1-10(2)25-18(22)14(19(23)26)17(24-25)12-8-9-13(16(21)15(12)20)27-11-6-4-3-5-7-11/h3-10H,22H2,1-2H3,(H2,23,26). The van der Waals surface area contributed by atoms with E-state index < -0.39 is 17.5 Å². The first-order valence-electron chi connectivity index (χ1n) is 8.20. The van der Waals surface area contributed by atoms with Gasteiger partial charge in [0.25, 0.3) is 5.91 Å². The van der Waals surface area contributed by atoms with Gasteiger partial charge in [0.1, 0.15) is 22.8 Å². The Kier molecular flexibility index (Phi) is 4.81. The molecule has 1 aromatic heterocycles. The summed E-state index contributed by atoms with van der Waals surface area (Å²) in [6.07, 6.45) is 0. The van der Waals surface area contributed by atoms with Crippen LogP contribution in [-0.2, 0) is 0 Å². The summed E-state index contributed by atoms with van der Waals surface area (Å²) in [5.41, 5.74) is 10.8. The Balaban J connectivity index is 2.10. The molecule has 3 aromatic rings. The smallest absolute Gasteiger partial charge is 0.254 e. The van der Waals surface area contributed by atoms with Crippen molar-refractivity contribution in [1.82, 2.24) is 9.78 Å². The molecule has 1 heterocycles. The molecule has 140 valence electrons. The molecular weight excluding hydrogens is 354 g/mol. The Labute approximate surface area is 154 Å². The van der Waals surface area contributed by atoms with Crippen LogP contribution < -0.4 is 16.2 Å². The molecule has 0 bridgehead atoms. The van der Waals surface area contributed by atoms with Crippen LogP contribution in [0.5, 0.6) is 11.5 Å². The van der Waals surface area contributed by atoms with E-state index in [1.165, 1.54) is 16.8 Å². The first-order chi connectivity index (χ1) is 12.8. The maximum Gasteiger partial charge on any atom is 0.254 e. The van der Waals surface area contributed by atoms with Gasteiger partial charge in [-0.3, -0.25) is 4.79 Å². The second-order valence-electron chi connectivity index (χ2n) is 6.17. The molecule has 0 fully saturated rings. The van der Waals surface area contributed by atoms with Crippen LogP contribution in [-0.4, -0.2) is 15.7 Å². The lowest BCUT2D eigenvalue weighted by atomic mass is 10.1. The van der Waals surface area contributed by atoms with Gasteiger partial charge in [-0.05, 0) is 38.1 Å². The van der Waals surface area contributed by atoms with E-state index in [1.54, 1.807) is 44.2 Å². The maximum atomic E-state index is 14.7. The fourth-order valence-electron chi connectivity index (χ4n) is 2.68. The Bertz CT molecular complexity index is 1000. The van der Waals surface area contributed by atoms with Crippen molar-refractivity contribution in [3.63, 3.8) is 0 Å². The molecule has 0 unspecified atom stereocenters. The van der Waals surface area contributed by atoms with E-state index in [0.29, 0.717) is 5.75 Å². The van der Waals surface area contributed by atoms with Crippen molar-refractivity contribution >= 4 is 11.7 Å². The van der Waals surface area contributed by atoms with Gasteiger partial charge in [0.2, 0.25) is 5.82 Å². The summed E-state index contributed by atoms with van der Waals surface area (Å²) in [7, 11) is 0. The Morgan fingerprint density at radius 2 is 1.78 bits per heavy atom. The van der Waals surface area contributed by atoms with Crippen LogP contribution in [0.15, 0.2) is 42.5 Å². The van der Waals surface area contributed by atoms with E-state index in [9.17, 15) is 13.6 Å². The highest BCUT2D eigenvalue weighted by molar-refractivity contribution is 6.03. The summed E-state index contributed by atoms with van der Waals surface area (Å²) >= 11 is 0. The summed E-state index contributed by atoms with van der Waals surface area (Å²) in [5.74, 6) is -3.23. The number of anilines is 1. The Morgan fingerprint density at radius 1 is 1.11 bits per heavy atom. The molecule has 0 aliphatic carbocycles. The molecule has 0 aliphatic rings. The number of aromatic nitrogens is 2. The van der Waals surface area contributed by atoms with Crippen LogP contribution in [0.3, 0.4) is 0 Å². The van der Waals surface area contributed by atoms with E-state index in [-0.39, 0.29) is 34.4 Å². The number of amides is 1. The number of para-hydroxylation sites is 1. The second kappa shape index (κ2) is 7.06. The maximum absolute atomic E-state index is 14.7. The van der Waals surface area contributed by atoms with Gasteiger partial charge in [-0.2, -0.15) is 9.49 Å². The zero-order chi connectivity index (χ0) is 19.7. The summed E-state index contributed by atoms with van der Waals surface area (Å²) < 4.78 is 36.0. The molecule has 2 aromatic carbocycles. The number of ether oxygens (including phenoxy) is 1. The normalized spacial score (nSPS) is 11.0.